The lowest BCUT2D eigenvalue weighted by Crippen LogP contribution is -2.14. The zero-order valence-electron chi connectivity index (χ0n) is 30.6. The summed E-state index contributed by atoms with van der Waals surface area (Å²) >= 11 is 0. The molecule has 296 valence electrons. The molecule has 0 fully saturated rings. The molecule has 2 N–H and O–H groups in total. The number of ether oxygens (including phenoxy) is 7. The van der Waals surface area contributed by atoms with Crippen molar-refractivity contribution in [2.45, 2.75) is 32.1 Å². The second-order valence-corrected chi connectivity index (χ2v) is 11.9. The number of aliphatic hydroxyl groups is 2. The Morgan fingerprint density at radius 3 is 0.964 bits per heavy atom. The lowest BCUT2D eigenvalue weighted by molar-refractivity contribution is 0.0385. The molecule has 0 aliphatic rings. The van der Waals surface area contributed by atoms with Gasteiger partial charge in [-0.05, 0) is 111 Å². The van der Waals surface area contributed by atoms with Crippen molar-refractivity contribution in [2.75, 3.05) is 66.6 Å². The molecular formula is C40H46O15. The molecule has 1 unspecified atom stereocenters. The van der Waals surface area contributed by atoms with Crippen LogP contribution in [0.3, 0.4) is 0 Å². The summed E-state index contributed by atoms with van der Waals surface area (Å²) in [5.41, 5.74) is 1.48. The van der Waals surface area contributed by atoms with Gasteiger partial charge in [0.15, 0.2) is 0 Å². The zero-order valence-corrected chi connectivity index (χ0v) is 30.6. The highest BCUT2D eigenvalue weighted by atomic mass is 16.6. The number of esters is 6. The molecule has 0 aromatic heterocycles. The van der Waals surface area contributed by atoms with E-state index in [4.69, 9.17) is 43.4 Å². The van der Waals surface area contributed by atoms with Crippen LogP contribution in [0.4, 0.5) is 0 Å². The Morgan fingerprint density at radius 1 is 0.400 bits per heavy atom. The number of benzene rings is 3. The summed E-state index contributed by atoms with van der Waals surface area (Å²) in [5, 5.41) is 17.6. The molecule has 3 aromatic rings. The van der Waals surface area contributed by atoms with Gasteiger partial charge in [0.05, 0.1) is 73.0 Å². The highest BCUT2D eigenvalue weighted by Crippen LogP contribution is 2.20. The first-order valence-corrected chi connectivity index (χ1v) is 17.7. The summed E-state index contributed by atoms with van der Waals surface area (Å²) in [6, 6.07) is 17.4. The number of rotatable bonds is 24. The Morgan fingerprint density at radius 2 is 0.673 bits per heavy atom. The van der Waals surface area contributed by atoms with Crippen molar-refractivity contribution in [1.29, 1.82) is 0 Å². The highest BCUT2D eigenvalue weighted by Gasteiger charge is 2.17. The molecule has 15 nitrogen and oxygen atoms in total. The summed E-state index contributed by atoms with van der Waals surface area (Å²) in [4.78, 5) is 73.9. The lowest BCUT2D eigenvalue weighted by Gasteiger charge is -2.17. The van der Waals surface area contributed by atoms with E-state index in [9.17, 15) is 28.8 Å². The van der Waals surface area contributed by atoms with E-state index < -0.39 is 35.8 Å². The summed E-state index contributed by atoms with van der Waals surface area (Å²) < 4.78 is 36.0. The van der Waals surface area contributed by atoms with Gasteiger partial charge in [-0.15, -0.1) is 0 Å². The average Bonchev–Trinajstić information content (AvgIpc) is 3.21. The topological polar surface area (TPSA) is 207 Å². The van der Waals surface area contributed by atoms with Crippen molar-refractivity contribution in [2.24, 2.45) is 5.92 Å². The van der Waals surface area contributed by atoms with Crippen molar-refractivity contribution in [3.05, 3.63) is 106 Å². The molecule has 0 aliphatic carbocycles. The summed E-state index contributed by atoms with van der Waals surface area (Å²) in [6.45, 7) is -0.208. The van der Waals surface area contributed by atoms with E-state index in [1.54, 1.807) is 0 Å². The maximum Gasteiger partial charge on any atom is 0.338 e. The summed E-state index contributed by atoms with van der Waals surface area (Å²) in [7, 11) is 1.50. The monoisotopic (exact) mass is 766 g/mol. The Balaban J connectivity index is 1.50. The Bertz CT molecular complexity index is 1670. The molecular weight excluding hydrogens is 720 g/mol. The maximum absolute atomic E-state index is 12.7. The standard InChI is InChI=1S/C40H46O15/c1-49-26-27-55-40(48)34-16-8-30(9-17-34)36(44)51-22-3-5-28(18-23-52-37(45)31-10-14-33(15-11-31)39(47)54-25-20-42)4-2-21-50-35(43)29-6-12-32(13-7-29)38(46)53-24-19-41/h6-17,28,41-42H,2-5,18-27H2,1H3. The Labute approximate surface area is 318 Å². The third-order valence-electron chi connectivity index (χ3n) is 7.98. The second kappa shape index (κ2) is 24.6. The van der Waals surface area contributed by atoms with Gasteiger partial charge in [-0.25, -0.2) is 28.8 Å². The quantitative estimate of drug-likeness (QED) is 0.0743. The molecule has 3 rings (SSSR count). The number of hydrogen-bond donors (Lipinski definition) is 2. The fourth-order valence-corrected chi connectivity index (χ4v) is 5.05. The molecule has 0 radical (unpaired) electrons. The number of hydrogen-bond acceptors (Lipinski definition) is 15. The van der Waals surface area contributed by atoms with Crippen molar-refractivity contribution in [1.82, 2.24) is 0 Å². The molecule has 55 heavy (non-hydrogen) atoms. The predicted molar refractivity (Wildman–Crippen MR) is 194 cm³/mol. The van der Waals surface area contributed by atoms with E-state index in [0.717, 1.165) is 0 Å². The van der Waals surface area contributed by atoms with Crippen molar-refractivity contribution < 1.29 is 72.1 Å². The van der Waals surface area contributed by atoms with Gasteiger partial charge < -0.3 is 43.4 Å². The first-order chi connectivity index (χ1) is 26.7. The fourth-order valence-electron chi connectivity index (χ4n) is 5.05. The predicted octanol–water partition coefficient (Wildman–Crippen LogP) is 4.23. The molecule has 1 atom stereocenters. The van der Waals surface area contributed by atoms with E-state index in [2.05, 4.69) is 0 Å². The number of carbonyl (C=O) groups is 6. The smallest absolute Gasteiger partial charge is 0.338 e. The van der Waals surface area contributed by atoms with Crippen LogP contribution in [-0.2, 0) is 33.2 Å². The largest absolute Gasteiger partial charge is 0.462 e. The van der Waals surface area contributed by atoms with Gasteiger partial charge in [0, 0.05) is 7.11 Å². The minimum atomic E-state index is -0.628. The van der Waals surface area contributed by atoms with Gasteiger partial charge in [0.25, 0.3) is 0 Å². The van der Waals surface area contributed by atoms with Gasteiger partial charge in [-0.3, -0.25) is 0 Å². The molecule has 0 bridgehead atoms. The maximum atomic E-state index is 12.7. The van der Waals surface area contributed by atoms with Crippen LogP contribution in [-0.4, -0.2) is 113 Å². The van der Waals surface area contributed by atoms with Gasteiger partial charge >= 0.3 is 35.8 Å². The van der Waals surface area contributed by atoms with Crippen molar-refractivity contribution in [3.8, 4) is 0 Å². The second-order valence-electron chi connectivity index (χ2n) is 11.9. The first-order valence-electron chi connectivity index (χ1n) is 17.7. The fraction of sp³-hybridized carbons (Fsp3) is 0.400. The lowest BCUT2D eigenvalue weighted by atomic mass is 9.95. The summed E-state index contributed by atoms with van der Waals surface area (Å²) in [6.07, 6.45) is 2.65. The first kappa shape index (κ1) is 43.8. The van der Waals surface area contributed by atoms with Crippen LogP contribution in [0.25, 0.3) is 0 Å². The Kier molecular flexibility index (Phi) is 19.6. The van der Waals surface area contributed by atoms with E-state index in [-0.39, 0.29) is 98.8 Å². The molecule has 0 aliphatic heterocycles. The normalized spacial score (nSPS) is 11.2. The zero-order chi connectivity index (χ0) is 39.8. The number of aliphatic hydroxyl groups excluding tert-OH is 2. The van der Waals surface area contributed by atoms with Crippen molar-refractivity contribution in [3.63, 3.8) is 0 Å². The molecule has 15 heteroatoms. The SMILES string of the molecule is COCCOC(=O)c1ccc(C(=O)OCCCC(CCCOC(=O)c2ccc(C(=O)OCCO)cc2)CCOC(=O)c2ccc(C(=O)OCCO)cc2)cc1. The Hall–Kier alpha value is -5.64. The van der Waals surface area contributed by atoms with Crippen LogP contribution in [0.15, 0.2) is 72.8 Å². The highest BCUT2D eigenvalue weighted by molar-refractivity contribution is 5.95. The summed E-state index contributed by atoms with van der Waals surface area (Å²) in [5.74, 6) is -3.50. The van der Waals surface area contributed by atoms with Gasteiger partial charge in [0.1, 0.15) is 19.8 Å². The molecule has 0 amide bonds. The van der Waals surface area contributed by atoms with E-state index >= 15 is 0 Å². The van der Waals surface area contributed by atoms with E-state index in [1.165, 1.54) is 79.9 Å². The van der Waals surface area contributed by atoms with Gasteiger partial charge in [-0.2, -0.15) is 0 Å². The third kappa shape index (κ3) is 15.7. The van der Waals surface area contributed by atoms with Crippen LogP contribution in [0.5, 0.6) is 0 Å². The molecule has 0 heterocycles. The van der Waals surface area contributed by atoms with Gasteiger partial charge in [-0.1, -0.05) is 0 Å². The number of methoxy groups -OCH3 is 1. The van der Waals surface area contributed by atoms with Crippen LogP contribution >= 0.6 is 0 Å². The number of carbonyl (C=O) groups excluding carboxylic acids is 6. The van der Waals surface area contributed by atoms with Crippen LogP contribution < -0.4 is 0 Å². The van der Waals surface area contributed by atoms with Crippen LogP contribution in [0.2, 0.25) is 0 Å². The average molecular weight is 767 g/mol. The van der Waals surface area contributed by atoms with E-state index in [1.807, 2.05) is 0 Å². The molecule has 0 spiro atoms. The molecule has 0 saturated carbocycles. The van der Waals surface area contributed by atoms with Crippen LogP contribution in [0, 0.1) is 5.92 Å². The van der Waals surface area contributed by atoms with Gasteiger partial charge in [0.2, 0.25) is 0 Å². The van der Waals surface area contributed by atoms with Crippen molar-refractivity contribution >= 4 is 35.8 Å². The molecule has 0 saturated heterocycles. The minimum Gasteiger partial charge on any atom is -0.462 e. The van der Waals surface area contributed by atoms with Crippen LogP contribution in [0.1, 0.15) is 94.3 Å². The molecule has 3 aromatic carbocycles. The third-order valence-corrected chi connectivity index (χ3v) is 7.98. The minimum absolute atomic E-state index is 0.00139. The van der Waals surface area contributed by atoms with E-state index in [0.29, 0.717) is 32.1 Å².